The number of halogens is 1. The summed E-state index contributed by atoms with van der Waals surface area (Å²) in [5, 5.41) is 2.80. The molecule has 0 radical (unpaired) electrons. The predicted octanol–water partition coefficient (Wildman–Crippen LogP) is 2.85. The average Bonchev–Trinajstić information content (AvgIpc) is 2.81. The van der Waals surface area contributed by atoms with Crippen LogP contribution in [0.1, 0.15) is 44.7 Å². The number of carbonyl (C=O) groups is 2. The highest BCUT2D eigenvalue weighted by Crippen LogP contribution is 2.24. The van der Waals surface area contributed by atoms with Gasteiger partial charge < -0.3 is 11.1 Å². The Morgan fingerprint density at radius 1 is 1.16 bits per heavy atom. The van der Waals surface area contributed by atoms with Gasteiger partial charge in [0, 0.05) is 12.1 Å². The van der Waals surface area contributed by atoms with Crippen LogP contribution in [0.25, 0.3) is 0 Å². The number of carbonyl (C=O) groups excluding carboxylic acids is 2. The summed E-state index contributed by atoms with van der Waals surface area (Å²) in [6, 6.07) is 11.9. The van der Waals surface area contributed by atoms with Gasteiger partial charge in [0.05, 0.1) is 5.56 Å². The Balaban J connectivity index is 1.67. The molecule has 1 unspecified atom stereocenters. The van der Waals surface area contributed by atoms with E-state index in [4.69, 9.17) is 5.73 Å². The standard InChI is InChI=1S/C20H21FN2O2/c21-18-9-8-16(19(22)24)11-17(18)20(25)23-12-13-4-3-7-14-5-1-2-6-15(14)10-13/h1-2,5-6,8-9,11,13H,3-4,7,10,12H2,(H2,22,24)(H,23,25). The smallest absolute Gasteiger partial charge is 0.254 e. The molecule has 0 fully saturated rings. The third-order valence-electron chi connectivity index (χ3n) is 4.73. The molecular formula is C20H21FN2O2. The molecule has 0 spiro atoms. The molecule has 0 aromatic heterocycles. The van der Waals surface area contributed by atoms with Crippen LogP contribution in [0.2, 0.25) is 0 Å². The number of hydrogen-bond donors (Lipinski definition) is 2. The lowest BCUT2D eigenvalue weighted by molar-refractivity contribution is 0.0942. The molecule has 3 rings (SSSR count). The summed E-state index contributed by atoms with van der Waals surface area (Å²) in [6.07, 6.45) is 4.04. The van der Waals surface area contributed by atoms with Crippen molar-refractivity contribution in [1.82, 2.24) is 5.32 Å². The van der Waals surface area contributed by atoms with Gasteiger partial charge in [-0.05, 0) is 60.9 Å². The second-order valence-corrected chi connectivity index (χ2v) is 6.50. The lowest BCUT2D eigenvalue weighted by atomic mass is 9.96. The summed E-state index contributed by atoms with van der Waals surface area (Å²) in [7, 11) is 0. The van der Waals surface area contributed by atoms with Gasteiger partial charge in [-0.25, -0.2) is 4.39 Å². The lowest BCUT2D eigenvalue weighted by Gasteiger charge is -2.16. The van der Waals surface area contributed by atoms with Gasteiger partial charge in [0.2, 0.25) is 5.91 Å². The molecule has 1 aliphatic carbocycles. The van der Waals surface area contributed by atoms with Gasteiger partial charge >= 0.3 is 0 Å². The van der Waals surface area contributed by atoms with Crippen molar-refractivity contribution in [3.63, 3.8) is 0 Å². The fourth-order valence-electron chi connectivity index (χ4n) is 3.35. The van der Waals surface area contributed by atoms with Crippen molar-refractivity contribution in [3.05, 3.63) is 70.5 Å². The molecule has 2 aromatic carbocycles. The Morgan fingerprint density at radius 3 is 2.68 bits per heavy atom. The quantitative estimate of drug-likeness (QED) is 0.840. The van der Waals surface area contributed by atoms with E-state index in [0.29, 0.717) is 12.5 Å². The van der Waals surface area contributed by atoms with Gasteiger partial charge in [-0.3, -0.25) is 9.59 Å². The summed E-state index contributed by atoms with van der Waals surface area (Å²) in [6.45, 7) is 0.480. The van der Waals surface area contributed by atoms with Crippen LogP contribution >= 0.6 is 0 Å². The Hall–Kier alpha value is -2.69. The van der Waals surface area contributed by atoms with E-state index in [1.807, 2.05) is 6.07 Å². The summed E-state index contributed by atoms with van der Waals surface area (Å²) < 4.78 is 13.9. The van der Waals surface area contributed by atoms with E-state index in [0.717, 1.165) is 31.7 Å². The first-order valence-electron chi connectivity index (χ1n) is 8.49. The SMILES string of the molecule is NC(=O)c1ccc(F)c(C(=O)NCC2CCCc3ccccc3C2)c1. The lowest BCUT2D eigenvalue weighted by Crippen LogP contribution is -2.31. The number of primary amides is 1. The minimum absolute atomic E-state index is 0.120. The number of benzene rings is 2. The van der Waals surface area contributed by atoms with E-state index in [-0.39, 0.29) is 11.1 Å². The highest BCUT2D eigenvalue weighted by molar-refractivity contribution is 5.99. The zero-order chi connectivity index (χ0) is 17.8. The van der Waals surface area contributed by atoms with Gasteiger partial charge in [0.15, 0.2) is 0 Å². The maximum Gasteiger partial charge on any atom is 0.254 e. The maximum atomic E-state index is 13.9. The average molecular weight is 340 g/mol. The highest BCUT2D eigenvalue weighted by Gasteiger charge is 2.19. The van der Waals surface area contributed by atoms with E-state index in [1.54, 1.807) is 0 Å². The van der Waals surface area contributed by atoms with E-state index < -0.39 is 17.6 Å². The Labute approximate surface area is 146 Å². The van der Waals surface area contributed by atoms with Gasteiger partial charge in [-0.2, -0.15) is 0 Å². The van der Waals surface area contributed by atoms with Crippen LogP contribution < -0.4 is 11.1 Å². The first-order valence-corrected chi connectivity index (χ1v) is 8.49. The zero-order valence-corrected chi connectivity index (χ0v) is 13.9. The minimum Gasteiger partial charge on any atom is -0.366 e. The van der Waals surface area contributed by atoms with Crippen LogP contribution in [0, 0.1) is 11.7 Å². The Kier molecular flexibility index (Phi) is 5.12. The van der Waals surface area contributed by atoms with Crippen LogP contribution in [-0.4, -0.2) is 18.4 Å². The summed E-state index contributed by atoms with van der Waals surface area (Å²) in [4.78, 5) is 23.5. The molecule has 4 nitrogen and oxygen atoms in total. The number of aryl methyl sites for hydroxylation is 1. The largest absolute Gasteiger partial charge is 0.366 e. The summed E-state index contributed by atoms with van der Waals surface area (Å²) in [5.74, 6) is -1.55. The van der Waals surface area contributed by atoms with Crippen LogP contribution in [0.4, 0.5) is 4.39 Å². The molecule has 1 atom stereocenters. The number of fused-ring (bicyclic) bond motifs is 1. The van der Waals surface area contributed by atoms with Crippen LogP contribution in [0.15, 0.2) is 42.5 Å². The second-order valence-electron chi connectivity index (χ2n) is 6.50. The van der Waals surface area contributed by atoms with Crippen molar-refractivity contribution in [2.75, 3.05) is 6.54 Å². The molecule has 2 amide bonds. The van der Waals surface area contributed by atoms with Crippen molar-refractivity contribution in [1.29, 1.82) is 0 Å². The number of hydrogen-bond acceptors (Lipinski definition) is 2. The summed E-state index contributed by atoms with van der Waals surface area (Å²) in [5.41, 5.74) is 7.86. The monoisotopic (exact) mass is 340 g/mol. The molecule has 5 heteroatoms. The van der Waals surface area contributed by atoms with Gasteiger partial charge in [-0.15, -0.1) is 0 Å². The molecule has 2 aromatic rings. The summed E-state index contributed by atoms with van der Waals surface area (Å²) >= 11 is 0. The highest BCUT2D eigenvalue weighted by atomic mass is 19.1. The van der Waals surface area contributed by atoms with Gasteiger partial charge in [0.1, 0.15) is 5.82 Å². The molecule has 130 valence electrons. The first kappa shape index (κ1) is 17.1. The van der Waals surface area contributed by atoms with E-state index in [9.17, 15) is 14.0 Å². The molecule has 3 N–H and O–H groups in total. The molecule has 0 aliphatic heterocycles. The fraction of sp³-hybridized carbons (Fsp3) is 0.300. The van der Waals surface area contributed by atoms with Crippen LogP contribution in [0.3, 0.4) is 0 Å². The van der Waals surface area contributed by atoms with Crippen LogP contribution in [0.5, 0.6) is 0 Å². The topological polar surface area (TPSA) is 72.2 Å². The molecule has 0 bridgehead atoms. The number of amides is 2. The van der Waals surface area contributed by atoms with Gasteiger partial charge in [0.25, 0.3) is 5.91 Å². The van der Waals surface area contributed by atoms with Crippen molar-refractivity contribution < 1.29 is 14.0 Å². The molecule has 25 heavy (non-hydrogen) atoms. The van der Waals surface area contributed by atoms with Crippen molar-refractivity contribution >= 4 is 11.8 Å². The van der Waals surface area contributed by atoms with E-state index in [2.05, 4.69) is 23.5 Å². The third kappa shape index (κ3) is 4.05. The molecule has 0 saturated heterocycles. The predicted molar refractivity (Wildman–Crippen MR) is 93.8 cm³/mol. The van der Waals surface area contributed by atoms with E-state index >= 15 is 0 Å². The normalized spacial score (nSPS) is 16.6. The molecular weight excluding hydrogens is 319 g/mol. The van der Waals surface area contributed by atoms with Crippen molar-refractivity contribution in [2.24, 2.45) is 11.7 Å². The van der Waals surface area contributed by atoms with Gasteiger partial charge in [-0.1, -0.05) is 24.3 Å². The second kappa shape index (κ2) is 7.47. The van der Waals surface area contributed by atoms with Crippen molar-refractivity contribution in [2.45, 2.75) is 25.7 Å². The third-order valence-corrected chi connectivity index (χ3v) is 4.73. The first-order chi connectivity index (χ1) is 12.0. The maximum absolute atomic E-state index is 13.9. The molecule has 0 heterocycles. The van der Waals surface area contributed by atoms with Crippen molar-refractivity contribution in [3.8, 4) is 0 Å². The fourth-order valence-corrected chi connectivity index (χ4v) is 3.35. The van der Waals surface area contributed by atoms with Crippen LogP contribution in [-0.2, 0) is 12.8 Å². The number of rotatable bonds is 4. The zero-order valence-electron chi connectivity index (χ0n) is 13.9. The Morgan fingerprint density at radius 2 is 1.92 bits per heavy atom. The Bertz CT molecular complexity index is 804. The molecule has 0 saturated carbocycles. The molecule has 1 aliphatic rings. The number of nitrogens with one attached hydrogen (secondary N) is 1. The van der Waals surface area contributed by atoms with E-state index in [1.165, 1.54) is 23.3 Å². The number of nitrogens with two attached hydrogens (primary N) is 1. The minimum atomic E-state index is -0.686.